The highest BCUT2D eigenvalue weighted by Gasteiger charge is 2.21. The third-order valence-corrected chi connectivity index (χ3v) is 5.60. The second-order valence-corrected chi connectivity index (χ2v) is 7.79. The first-order chi connectivity index (χ1) is 16.1. The van der Waals surface area contributed by atoms with E-state index in [4.69, 9.17) is 14.2 Å². The van der Waals surface area contributed by atoms with Gasteiger partial charge in [0.25, 0.3) is 5.91 Å². The maximum atomic E-state index is 12.9. The summed E-state index contributed by atoms with van der Waals surface area (Å²) < 4.78 is 17.3. The van der Waals surface area contributed by atoms with Crippen LogP contribution >= 0.6 is 11.3 Å². The van der Waals surface area contributed by atoms with Crippen LogP contribution < -0.4 is 14.8 Å². The lowest BCUT2D eigenvalue weighted by Crippen LogP contribution is -2.21. The van der Waals surface area contributed by atoms with Crippen LogP contribution in [0.3, 0.4) is 0 Å². The van der Waals surface area contributed by atoms with Gasteiger partial charge in [-0.15, -0.1) is 11.3 Å². The van der Waals surface area contributed by atoms with Gasteiger partial charge in [0.2, 0.25) is 0 Å². The van der Waals surface area contributed by atoms with E-state index in [-0.39, 0.29) is 5.56 Å². The average molecular weight is 464 g/mol. The van der Waals surface area contributed by atoms with Crippen LogP contribution in [0.2, 0.25) is 0 Å². The Morgan fingerprint density at radius 3 is 2.55 bits per heavy atom. The largest absolute Gasteiger partial charge is 0.497 e. The molecule has 1 amide bonds. The Bertz CT molecular complexity index is 1250. The number of hydrogen-bond donors (Lipinski definition) is 1. The van der Waals surface area contributed by atoms with E-state index in [1.54, 1.807) is 29.1 Å². The van der Waals surface area contributed by atoms with Gasteiger partial charge in [0, 0.05) is 12.3 Å². The molecule has 9 heteroatoms. The number of carbonyl (C=O) groups excluding carboxylic acids is 2. The Balaban J connectivity index is 1.49. The van der Waals surface area contributed by atoms with Crippen LogP contribution in [0, 0.1) is 0 Å². The van der Waals surface area contributed by atoms with Crippen LogP contribution in [-0.4, -0.2) is 42.5 Å². The molecule has 2 heterocycles. The summed E-state index contributed by atoms with van der Waals surface area (Å²) in [5.74, 6) is -0.122. The molecule has 8 nitrogen and oxygen atoms in total. The van der Waals surface area contributed by atoms with Crippen LogP contribution in [0.15, 0.2) is 72.2 Å². The summed E-state index contributed by atoms with van der Waals surface area (Å²) in [5, 5.41) is 9.16. The lowest BCUT2D eigenvalue weighted by Gasteiger charge is -2.11. The summed E-state index contributed by atoms with van der Waals surface area (Å²) >= 11 is 1.46. The van der Waals surface area contributed by atoms with Crippen molar-refractivity contribution in [3.05, 3.63) is 77.8 Å². The van der Waals surface area contributed by atoms with Crippen LogP contribution in [0.4, 0.5) is 5.69 Å². The van der Waals surface area contributed by atoms with Gasteiger partial charge in [-0.2, -0.15) is 5.10 Å². The summed E-state index contributed by atoms with van der Waals surface area (Å²) in [6, 6.07) is 18.2. The normalized spacial score (nSPS) is 10.5. The first-order valence-corrected chi connectivity index (χ1v) is 10.8. The van der Waals surface area contributed by atoms with E-state index in [9.17, 15) is 9.59 Å². The summed E-state index contributed by atoms with van der Waals surface area (Å²) in [6.45, 7) is -0.464. The molecule has 0 atom stereocenters. The lowest BCUT2D eigenvalue weighted by atomic mass is 10.2. The number of rotatable bonds is 8. The summed E-state index contributed by atoms with van der Waals surface area (Å²) in [7, 11) is 3.03. The predicted octanol–water partition coefficient (Wildman–Crippen LogP) is 4.41. The van der Waals surface area contributed by atoms with Gasteiger partial charge in [0.1, 0.15) is 22.8 Å². The first-order valence-electron chi connectivity index (χ1n) is 9.97. The molecule has 0 aliphatic rings. The van der Waals surface area contributed by atoms with E-state index in [0.29, 0.717) is 22.9 Å². The van der Waals surface area contributed by atoms with Crippen molar-refractivity contribution in [2.45, 2.75) is 0 Å². The zero-order valence-corrected chi connectivity index (χ0v) is 18.8. The number of anilines is 1. The Morgan fingerprint density at radius 2 is 1.85 bits per heavy atom. The van der Waals surface area contributed by atoms with E-state index in [2.05, 4.69) is 10.4 Å². The maximum Gasteiger partial charge on any atom is 0.342 e. The summed E-state index contributed by atoms with van der Waals surface area (Å²) in [5.41, 5.74) is 2.02. The molecule has 2 aromatic carbocycles. The van der Waals surface area contributed by atoms with E-state index in [0.717, 1.165) is 10.6 Å². The van der Waals surface area contributed by atoms with Gasteiger partial charge in [-0.1, -0.05) is 24.3 Å². The number of thiophene rings is 1. The van der Waals surface area contributed by atoms with Crippen molar-refractivity contribution in [2.24, 2.45) is 0 Å². The topological polar surface area (TPSA) is 91.7 Å². The number of benzene rings is 2. The third-order valence-electron chi connectivity index (χ3n) is 4.73. The van der Waals surface area contributed by atoms with Crippen molar-refractivity contribution in [2.75, 3.05) is 26.1 Å². The number of nitrogens with one attached hydrogen (secondary N) is 1. The van der Waals surface area contributed by atoms with Gasteiger partial charge < -0.3 is 19.5 Å². The van der Waals surface area contributed by atoms with Crippen molar-refractivity contribution in [1.82, 2.24) is 9.78 Å². The molecule has 2 aromatic heterocycles. The lowest BCUT2D eigenvalue weighted by molar-refractivity contribution is -0.119. The molecule has 0 bridgehead atoms. The minimum Gasteiger partial charge on any atom is -0.497 e. The number of carbonyl (C=O) groups is 2. The van der Waals surface area contributed by atoms with Crippen molar-refractivity contribution in [3.8, 4) is 27.8 Å². The smallest absolute Gasteiger partial charge is 0.342 e. The Kier molecular flexibility index (Phi) is 6.70. The van der Waals surface area contributed by atoms with Crippen molar-refractivity contribution >= 4 is 28.9 Å². The fourth-order valence-corrected chi connectivity index (χ4v) is 3.85. The second-order valence-electron chi connectivity index (χ2n) is 6.84. The molecule has 0 spiro atoms. The summed E-state index contributed by atoms with van der Waals surface area (Å²) in [6.07, 6.45) is 1.61. The Labute approximate surface area is 194 Å². The number of methoxy groups -OCH3 is 2. The zero-order chi connectivity index (χ0) is 23.2. The fourth-order valence-electron chi connectivity index (χ4n) is 3.13. The molecular weight excluding hydrogens is 442 g/mol. The average Bonchev–Trinajstić information content (AvgIpc) is 3.53. The minimum absolute atomic E-state index is 0.274. The Morgan fingerprint density at radius 1 is 1.03 bits per heavy atom. The standard InChI is InChI=1S/C24H21N3O5S/c1-30-17-10-11-19(20(13-17)31-2)25-22(28)15-32-24(29)18-14-27(16-7-4-3-5-8-16)26-23(18)21-9-6-12-33-21/h3-14H,15H2,1-2H3,(H,25,28). The number of nitrogens with zero attached hydrogens (tertiary/aromatic N) is 2. The van der Waals surface area contributed by atoms with Gasteiger partial charge in [0.15, 0.2) is 6.61 Å². The van der Waals surface area contributed by atoms with E-state index in [1.165, 1.54) is 25.6 Å². The molecule has 1 N–H and O–H groups in total. The predicted molar refractivity (Wildman–Crippen MR) is 125 cm³/mol. The molecule has 0 aliphatic carbocycles. The quantitative estimate of drug-likeness (QED) is 0.389. The van der Waals surface area contributed by atoms with Crippen LogP contribution in [0.5, 0.6) is 11.5 Å². The van der Waals surface area contributed by atoms with Crippen molar-refractivity contribution < 1.29 is 23.8 Å². The van der Waals surface area contributed by atoms with E-state index >= 15 is 0 Å². The second kappa shape index (κ2) is 10.0. The fraction of sp³-hybridized carbons (Fsp3) is 0.125. The number of aromatic nitrogens is 2. The highest BCUT2D eigenvalue weighted by atomic mass is 32.1. The monoisotopic (exact) mass is 463 g/mol. The van der Waals surface area contributed by atoms with Crippen LogP contribution in [0.1, 0.15) is 10.4 Å². The molecule has 4 aromatic rings. The van der Waals surface area contributed by atoms with Gasteiger partial charge in [-0.25, -0.2) is 9.48 Å². The van der Waals surface area contributed by atoms with Gasteiger partial charge in [-0.3, -0.25) is 4.79 Å². The molecule has 0 fully saturated rings. The SMILES string of the molecule is COc1ccc(NC(=O)COC(=O)c2cn(-c3ccccc3)nc2-c2cccs2)c(OC)c1. The third kappa shape index (κ3) is 5.04. The van der Waals surface area contributed by atoms with Gasteiger partial charge >= 0.3 is 5.97 Å². The highest BCUT2D eigenvalue weighted by Crippen LogP contribution is 2.30. The molecule has 0 radical (unpaired) electrons. The van der Waals surface area contributed by atoms with Crippen molar-refractivity contribution in [3.63, 3.8) is 0 Å². The molecule has 0 saturated carbocycles. The van der Waals surface area contributed by atoms with E-state index in [1.807, 2.05) is 47.8 Å². The number of hydrogen-bond acceptors (Lipinski definition) is 7. The zero-order valence-electron chi connectivity index (χ0n) is 18.0. The molecule has 33 heavy (non-hydrogen) atoms. The molecule has 0 aliphatic heterocycles. The molecule has 4 rings (SSSR count). The number of ether oxygens (including phenoxy) is 3. The first kappa shape index (κ1) is 22.1. The summed E-state index contributed by atoms with van der Waals surface area (Å²) in [4.78, 5) is 26.1. The van der Waals surface area contributed by atoms with Crippen molar-refractivity contribution in [1.29, 1.82) is 0 Å². The van der Waals surface area contributed by atoms with Gasteiger partial charge in [-0.05, 0) is 35.7 Å². The molecular formula is C24H21N3O5S. The van der Waals surface area contributed by atoms with Crippen LogP contribution in [-0.2, 0) is 9.53 Å². The molecule has 0 saturated heterocycles. The highest BCUT2D eigenvalue weighted by molar-refractivity contribution is 7.13. The number of para-hydroxylation sites is 1. The van der Waals surface area contributed by atoms with Gasteiger partial charge in [0.05, 0.1) is 30.5 Å². The molecule has 0 unspecified atom stereocenters. The van der Waals surface area contributed by atoms with Crippen LogP contribution in [0.25, 0.3) is 16.3 Å². The maximum absolute atomic E-state index is 12.9. The van der Waals surface area contributed by atoms with E-state index < -0.39 is 18.5 Å². The minimum atomic E-state index is -0.641. The number of amides is 1. The number of esters is 1. The molecule has 168 valence electrons. The Hall–Kier alpha value is -4.11.